The maximum Gasteiger partial charge on any atom is 0.337 e. The Hall–Kier alpha value is -3.74. The molecule has 0 spiro atoms. The number of methoxy groups -OCH3 is 1. The predicted octanol–water partition coefficient (Wildman–Crippen LogP) is 3.59. The third-order valence-corrected chi connectivity index (χ3v) is 4.24. The summed E-state index contributed by atoms with van der Waals surface area (Å²) >= 11 is 0. The molecule has 0 aliphatic carbocycles. The summed E-state index contributed by atoms with van der Waals surface area (Å²) in [6.07, 6.45) is 0. The quantitative estimate of drug-likeness (QED) is 0.648. The lowest BCUT2D eigenvalue weighted by molar-refractivity contribution is 0.0600. The van der Waals surface area contributed by atoms with Crippen LogP contribution in [0, 0.1) is 6.92 Å². The first-order valence-corrected chi connectivity index (χ1v) is 9.07. The zero-order valence-electron chi connectivity index (χ0n) is 16.5. The van der Waals surface area contributed by atoms with E-state index in [1.165, 1.54) is 7.11 Å². The van der Waals surface area contributed by atoms with Gasteiger partial charge in [0.25, 0.3) is 5.91 Å². The third kappa shape index (κ3) is 5.16. The molecule has 3 rings (SSSR count). The van der Waals surface area contributed by atoms with Crippen LogP contribution in [0.5, 0.6) is 0 Å². The highest BCUT2D eigenvalue weighted by Gasteiger charge is 2.16. The number of amides is 1. The zero-order chi connectivity index (χ0) is 20.8. The number of carbonyl (C=O) groups excluding carboxylic acids is 2. The molecule has 0 saturated carbocycles. The van der Waals surface area contributed by atoms with Crippen LogP contribution in [0.1, 0.15) is 32.1 Å². The van der Waals surface area contributed by atoms with Gasteiger partial charge in [0.15, 0.2) is 0 Å². The third-order valence-electron chi connectivity index (χ3n) is 4.24. The molecule has 0 saturated heterocycles. The van der Waals surface area contributed by atoms with Crippen LogP contribution in [0.3, 0.4) is 0 Å². The van der Waals surface area contributed by atoms with Gasteiger partial charge >= 0.3 is 5.97 Å². The lowest BCUT2D eigenvalue weighted by atomic mass is 10.2. The Balaban J connectivity index is 1.75. The molecule has 0 unspecified atom stereocenters. The molecule has 29 heavy (non-hydrogen) atoms. The second-order valence-corrected chi connectivity index (χ2v) is 6.56. The Morgan fingerprint density at radius 2 is 1.72 bits per heavy atom. The highest BCUT2D eigenvalue weighted by Crippen LogP contribution is 2.16. The van der Waals surface area contributed by atoms with Crippen molar-refractivity contribution in [3.8, 4) is 0 Å². The Morgan fingerprint density at radius 1 is 1.03 bits per heavy atom. The number of hydrogen-bond donors (Lipinski definition) is 1. The standard InChI is InChI=1S/C22H22N4O3/c1-15-13-19(20(27)26(2)14-16-7-5-4-6-8-16)25-22(23-15)24-18-11-9-17(10-12-18)21(28)29-3/h4-13H,14H2,1-3H3,(H,23,24,25). The van der Waals surface area contributed by atoms with Gasteiger partial charge in [0.05, 0.1) is 12.7 Å². The van der Waals surface area contributed by atoms with E-state index in [0.717, 1.165) is 5.56 Å². The van der Waals surface area contributed by atoms with E-state index in [-0.39, 0.29) is 5.91 Å². The summed E-state index contributed by atoms with van der Waals surface area (Å²) in [5, 5.41) is 3.07. The maximum absolute atomic E-state index is 12.8. The van der Waals surface area contributed by atoms with Crippen LogP contribution in [0.25, 0.3) is 0 Å². The second-order valence-electron chi connectivity index (χ2n) is 6.56. The molecule has 2 aromatic carbocycles. The van der Waals surface area contributed by atoms with Crippen molar-refractivity contribution in [2.45, 2.75) is 13.5 Å². The number of ether oxygens (including phenoxy) is 1. The fourth-order valence-electron chi connectivity index (χ4n) is 2.80. The molecule has 3 aromatic rings. The van der Waals surface area contributed by atoms with Crippen molar-refractivity contribution in [2.75, 3.05) is 19.5 Å². The summed E-state index contributed by atoms with van der Waals surface area (Å²) in [5.74, 6) is -0.284. The predicted molar refractivity (Wildman–Crippen MR) is 110 cm³/mol. The smallest absolute Gasteiger partial charge is 0.337 e. The Bertz CT molecular complexity index is 1000. The van der Waals surface area contributed by atoms with Crippen molar-refractivity contribution >= 4 is 23.5 Å². The molecule has 0 aliphatic rings. The van der Waals surface area contributed by atoms with Crippen molar-refractivity contribution in [1.29, 1.82) is 0 Å². The van der Waals surface area contributed by atoms with Crippen LogP contribution in [0.2, 0.25) is 0 Å². The molecule has 7 nitrogen and oxygen atoms in total. The number of aryl methyl sites for hydroxylation is 1. The number of nitrogens with one attached hydrogen (secondary N) is 1. The average Bonchev–Trinajstić information content (AvgIpc) is 2.73. The Morgan fingerprint density at radius 3 is 2.38 bits per heavy atom. The summed E-state index contributed by atoms with van der Waals surface area (Å²) in [6.45, 7) is 2.29. The van der Waals surface area contributed by atoms with Crippen molar-refractivity contribution in [1.82, 2.24) is 14.9 Å². The maximum atomic E-state index is 12.8. The lowest BCUT2D eigenvalue weighted by Gasteiger charge is -2.17. The Labute approximate surface area is 169 Å². The fraction of sp³-hybridized carbons (Fsp3) is 0.182. The molecule has 0 bridgehead atoms. The summed E-state index contributed by atoms with van der Waals surface area (Å²) in [7, 11) is 3.08. The average molecular weight is 390 g/mol. The van der Waals surface area contributed by atoms with Crippen LogP contribution in [0.4, 0.5) is 11.6 Å². The first-order chi connectivity index (χ1) is 14.0. The van der Waals surface area contributed by atoms with E-state index < -0.39 is 5.97 Å². The molecule has 0 aliphatic heterocycles. The van der Waals surface area contributed by atoms with Crippen LogP contribution < -0.4 is 5.32 Å². The van der Waals surface area contributed by atoms with E-state index in [9.17, 15) is 9.59 Å². The van der Waals surface area contributed by atoms with Crippen molar-refractivity contribution in [3.05, 3.63) is 83.2 Å². The molecule has 0 fully saturated rings. The number of anilines is 2. The van der Waals surface area contributed by atoms with Gasteiger partial charge < -0.3 is 15.0 Å². The summed E-state index contributed by atoms with van der Waals surface area (Å²) < 4.78 is 4.69. The van der Waals surface area contributed by atoms with E-state index in [1.54, 1.807) is 49.2 Å². The molecule has 148 valence electrons. The largest absolute Gasteiger partial charge is 0.465 e. The van der Waals surface area contributed by atoms with Gasteiger partial charge in [0.1, 0.15) is 5.69 Å². The highest BCUT2D eigenvalue weighted by atomic mass is 16.5. The van der Waals surface area contributed by atoms with Gasteiger partial charge in [-0.25, -0.2) is 14.8 Å². The number of nitrogens with zero attached hydrogens (tertiary/aromatic N) is 3. The number of rotatable bonds is 6. The minimum absolute atomic E-state index is 0.191. The number of esters is 1. The molecule has 7 heteroatoms. The first kappa shape index (κ1) is 20.0. The molecule has 0 atom stereocenters. The number of benzene rings is 2. The minimum atomic E-state index is -0.405. The van der Waals surface area contributed by atoms with Gasteiger partial charge in [0, 0.05) is 25.0 Å². The van der Waals surface area contributed by atoms with Gasteiger partial charge in [-0.05, 0) is 42.8 Å². The van der Waals surface area contributed by atoms with Crippen molar-refractivity contribution in [3.63, 3.8) is 0 Å². The Kier molecular flexibility index (Phi) is 6.19. The zero-order valence-corrected chi connectivity index (χ0v) is 16.5. The van der Waals surface area contributed by atoms with E-state index in [4.69, 9.17) is 4.74 Å². The SMILES string of the molecule is COC(=O)c1ccc(Nc2nc(C)cc(C(=O)N(C)Cc3ccccc3)n2)cc1. The number of hydrogen-bond acceptors (Lipinski definition) is 6. The van der Waals surface area contributed by atoms with Gasteiger partial charge in [-0.15, -0.1) is 0 Å². The monoisotopic (exact) mass is 390 g/mol. The van der Waals surface area contributed by atoms with Gasteiger partial charge in [-0.3, -0.25) is 4.79 Å². The molecule has 0 radical (unpaired) electrons. The summed E-state index contributed by atoms with van der Waals surface area (Å²) in [6, 6.07) is 18.2. The molecule has 1 aromatic heterocycles. The van der Waals surface area contributed by atoms with E-state index in [0.29, 0.717) is 35.1 Å². The van der Waals surface area contributed by atoms with Gasteiger partial charge in [-0.2, -0.15) is 0 Å². The van der Waals surface area contributed by atoms with E-state index in [1.807, 2.05) is 30.3 Å². The van der Waals surface area contributed by atoms with Crippen LogP contribution in [-0.2, 0) is 11.3 Å². The normalized spacial score (nSPS) is 10.3. The topological polar surface area (TPSA) is 84.4 Å². The molecule has 1 amide bonds. The van der Waals surface area contributed by atoms with Gasteiger partial charge in [-0.1, -0.05) is 30.3 Å². The molecule has 1 N–H and O–H groups in total. The van der Waals surface area contributed by atoms with Crippen LogP contribution in [0.15, 0.2) is 60.7 Å². The molecule has 1 heterocycles. The van der Waals surface area contributed by atoms with Crippen LogP contribution >= 0.6 is 0 Å². The molecular formula is C22H22N4O3. The second kappa shape index (κ2) is 8.97. The number of aromatic nitrogens is 2. The van der Waals surface area contributed by atoms with Gasteiger partial charge in [0.2, 0.25) is 5.95 Å². The van der Waals surface area contributed by atoms with Crippen LogP contribution in [-0.4, -0.2) is 40.9 Å². The summed E-state index contributed by atoms with van der Waals surface area (Å²) in [4.78, 5) is 34.7. The van der Waals surface area contributed by atoms with E-state index in [2.05, 4.69) is 15.3 Å². The number of carbonyl (C=O) groups is 2. The van der Waals surface area contributed by atoms with E-state index >= 15 is 0 Å². The molecular weight excluding hydrogens is 368 g/mol. The van der Waals surface area contributed by atoms with Crippen molar-refractivity contribution < 1.29 is 14.3 Å². The van der Waals surface area contributed by atoms with Crippen molar-refractivity contribution in [2.24, 2.45) is 0 Å². The minimum Gasteiger partial charge on any atom is -0.465 e. The first-order valence-electron chi connectivity index (χ1n) is 9.07. The highest BCUT2D eigenvalue weighted by molar-refractivity contribution is 5.92. The lowest BCUT2D eigenvalue weighted by Crippen LogP contribution is -2.27. The fourth-order valence-corrected chi connectivity index (χ4v) is 2.80. The summed E-state index contributed by atoms with van der Waals surface area (Å²) in [5.41, 5.74) is 3.16.